The highest BCUT2D eigenvalue weighted by Gasteiger charge is 2.31. The molecule has 1 atom stereocenters. The summed E-state index contributed by atoms with van der Waals surface area (Å²) in [5, 5.41) is -0.0499. The minimum Gasteiger partial charge on any atom is -0.324 e. The largest absolute Gasteiger partial charge is 0.416 e. The molecule has 0 aliphatic carbocycles. The van der Waals surface area contributed by atoms with Gasteiger partial charge in [-0.05, 0) is 23.8 Å². The maximum absolute atomic E-state index is 12.4. The van der Waals surface area contributed by atoms with Gasteiger partial charge in [0.05, 0.1) is 5.56 Å². The molecule has 0 bridgehead atoms. The van der Waals surface area contributed by atoms with Crippen LogP contribution in [0.15, 0.2) is 18.2 Å². The first-order valence-electron chi connectivity index (χ1n) is 4.62. The lowest BCUT2D eigenvalue weighted by atomic mass is 10.0. The first-order valence-corrected chi connectivity index (χ1v) is 5.00. The molecule has 2 N–H and O–H groups in total. The molecule has 1 nitrogen and oxygen atoms in total. The number of hydrogen-bond acceptors (Lipinski definition) is 1. The van der Waals surface area contributed by atoms with Gasteiger partial charge in [-0.2, -0.15) is 13.2 Å². The van der Waals surface area contributed by atoms with Gasteiger partial charge < -0.3 is 5.73 Å². The average Bonchev–Trinajstić information content (AvgIpc) is 2.15. The maximum Gasteiger partial charge on any atom is 0.416 e. The predicted octanol–water partition coefficient (Wildman–Crippen LogP) is 4.01. The van der Waals surface area contributed by atoms with Crippen molar-refractivity contribution in [3.05, 3.63) is 34.3 Å². The van der Waals surface area contributed by atoms with Crippen molar-refractivity contribution in [2.45, 2.75) is 25.1 Å². The van der Waals surface area contributed by atoms with Crippen molar-refractivity contribution in [3.8, 4) is 0 Å². The number of rotatable bonds is 3. The fourth-order valence-electron chi connectivity index (χ4n) is 1.32. The lowest BCUT2D eigenvalue weighted by Gasteiger charge is -2.15. The molecule has 0 amide bonds. The van der Waals surface area contributed by atoms with Crippen LogP contribution in [0.3, 0.4) is 0 Å². The van der Waals surface area contributed by atoms with Crippen LogP contribution in [0.25, 0.3) is 0 Å². The molecule has 0 aliphatic rings. The van der Waals surface area contributed by atoms with Crippen LogP contribution in [0.4, 0.5) is 22.0 Å². The molecule has 17 heavy (non-hydrogen) atoms. The summed E-state index contributed by atoms with van der Waals surface area (Å²) in [6.07, 6.45) is -7.99. The summed E-state index contributed by atoms with van der Waals surface area (Å²) in [5.74, 6) is 0. The van der Waals surface area contributed by atoms with Crippen molar-refractivity contribution in [1.29, 1.82) is 0 Å². The number of halogens is 6. The first-order chi connectivity index (χ1) is 7.71. The Morgan fingerprint density at radius 3 is 2.29 bits per heavy atom. The topological polar surface area (TPSA) is 26.0 Å². The lowest BCUT2D eigenvalue weighted by molar-refractivity contribution is -0.137. The van der Waals surface area contributed by atoms with Crippen LogP contribution < -0.4 is 5.73 Å². The Morgan fingerprint density at radius 1 is 1.24 bits per heavy atom. The quantitative estimate of drug-likeness (QED) is 0.827. The van der Waals surface area contributed by atoms with Gasteiger partial charge >= 0.3 is 6.18 Å². The second-order valence-electron chi connectivity index (χ2n) is 3.47. The number of hydrogen-bond donors (Lipinski definition) is 1. The van der Waals surface area contributed by atoms with Crippen molar-refractivity contribution in [1.82, 2.24) is 0 Å². The van der Waals surface area contributed by atoms with Gasteiger partial charge in [-0.15, -0.1) is 0 Å². The van der Waals surface area contributed by atoms with Gasteiger partial charge in [-0.25, -0.2) is 8.78 Å². The van der Waals surface area contributed by atoms with Crippen molar-refractivity contribution in [2.24, 2.45) is 5.73 Å². The van der Waals surface area contributed by atoms with Gasteiger partial charge in [0.1, 0.15) is 0 Å². The molecular weight excluding hydrogens is 265 g/mol. The van der Waals surface area contributed by atoms with E-state index in [2.05, 4.69) is 0 Å². The number of alkyl halides is 5. The van der Waals surface area contributed by atoms with Gasteiger partial charge in [0.2, 0.25) is 6.43 Å². The fraction of sp³-hybridized carbons (Fsp3) is 0.400. The van der Waals surface area contributed by atoms with E-state index in [9.17, 15) is 22.0 Å². The Morgan fingerprint density at radius 2 is 1.82 bits per heavy atom. The molecule has 0 saturated heterocycles. The second-order valence-corrected chi connectivity index (χ2v) is 3.87. The van der Waals surface area contributed by atoms with E-state index in [0.717, 1.165) is 12.1 Å². The SMILES string of the molecule is N[C@@H](CC(F)F)c1cc(C(F)(F)F)ccc1Cl. The van der Waals surface area contributed by atoms with E-state index < -0.39 is 30.6 Å². The third kappa shape index (κ3) is 3.81. The molecule has 0 radical (unpaired) electrons. The zero-order valence-electron chi connectivity index (χ0n) is 8.44. The van der Waals surface area contributed by atoms with Gasteiger partial charge in [-0.3, -0.25) is 0 Å². The highest BCUT2D eigenvalue weighted by atomic mass is 35.5. The van der Waals surface area contributed by atoms with Crippen LogP contribution in [0, 0.1) is 0 Å². The molecule has 0 heterocycles. The predicted molar refractivity (Wildman–Crippen MR) is 54.0 cm³/mol. The molecule has 96 valence electrons. The van der Waals surface area contributed by atoms with E-state index in [-0.39, 0.29) is 10.6 Å². The summed E-state index contributed by atoms with van der Waals surface area (Å²) in [5.41, 5.74) is 4.30. The van der Waals surface area contributed by atoms with E-state index in [4.69, 9.17) is 17.3 Å². The van der Waals surface area contributed by atoms with E-state index in [1.165, 1.54) is 0 Å². The van der Waals surface area contributed by atoms with Crippen LogP contribution in [-0.4, -0.2) is 6.43 Å². The number of nitrogens with two attached hydrogens (primary N) is 1. The van der Waals surface area contributed by atoms with Crippen LogP contribution >= 0.6 is 11.6 Å². The summed E-state index contributed by atoms with van der Waals surface area (Å²) in [6, 6.07) is 1.27. The molecule has 0 unspecified atom stereocenters. The molecule has 0 aromatic heterocycles. The zero-order chi connectivity index (χ0) is 13.2. The molecule has 1 aromatic carbocycles. The molecular formula is C10H9ClF5N. The van der Waals surface area contributed by atoms with Crippen molar-refractivity contribution in [2.75, 3.05) is 0 Å². The molecule has 1 rings (SSSR count). The molecule has 0 spiro atoms. The van der Waals surface area contributed by atoms with Crippen LogP contribution in [-0.2, 0) is 6.18 Å². The van der Waals surface area contributed by atoms with Crippen LogP contribution in [0.2, 0.25) is 5.02 Å². The Bertz CT molecular complexity index is 391. The summed E-state index contributed by atoms with van der Waals surface area (Å²) in [7, 11) is 0. The minimum absolute atomic E-state index is 0.0499. The van der Waals surface area contributed by atoms with Crippen molar-refractivity contribution in [3.63, 3.8) is 0 Å². The maximum atomic E-state index is 12.4. The number of benzene rings is 1. The van der Waals surface area contributed by atoms with E-state index in [0.29, 0.717) is 6.07 Å². The first kappa shape index (κ1) is 14.2. The van der Waals surface area contributed by atoms with Gasteiger partial charge in [-0.1, -0.05) is 11.6 Å². The highest BCUT2D eigenvalue weighted by molar-refractivity contribution is 6.31. The molecule has 1 aromatic rings. The Labute approximate surface area is 99.4 Å². The summed E-state index contributed by atoms with van der Waals surface area (Å²) >= 11 is 5.63. The fourth-order valence-corrected chi connectivity index (χ4v) is 1.58. The summed E-state index contributed by atoms with van der Waals surface area (Å²) in [6.45, 7) is 0. The van der Waals surface area contributed by atoms with Crippen molar-refractivity contribution >= 4 is 11.6 Å². The van der Waals surface area contributed by atoms with Gasteiger partial charge in [0, 0.05) is 17.5 Å². The Kier molecular flexibility index (Phi) is 4.32. The van der Waals surface area contributed by atoms with Gasteiger partial charge in [0.25, 0.3) is 0 Å². The Hall–Kier alpha value is -0.880. The average molecular weight is 274 g/mol. The molecule has 0 saturated carbocycles. The third-order valence-electron chi connectivity index (χ3n) is 2.15. The Balaban J connectivity index is 3.06. The smallest absolute Gasteiger partial charge is 0.324 e. The second kappa shape index (κ2) is 5.18. The van der Waals surface area contributed by atoms with Crippen molar-refractivity contribution < 1.29 is 22.0 Å². The monoisotopic (exact) mass is 273 g/mol. The molecule has 7 heteroatoms. The highest BCUT2D eigenvalue weighted by Crippen LogP contribution is 2.34. The summed E-state index contributed by atoms with van der Waals surface area (Å²) < 4.78 is 61.4. The van der Waals surface area contributed by atoms with Gasteiger partial charge in [0.15, 0.2) is 0 Å². The molecule has 0 aliphatic heterocycles. The molecule has 0 fully saturated rings. The van der Waals surface area contributed by atoms with Crippen LogP contribution in [0.1, 0.15) is 23.6 Å². The van der Waals surface area contributed by atoms with E-state index >= 15 is 0 Å². The summed E-state index contributed by atoms with van der Waals surface area (Å²) in [4.78, 5) is 0. The van der Waals surface area contributed by atoms with Crippen LogP contribution in [0.5, 0.6) is 0 Å². The minimum atomic E-state index is -4.55. The lowest BCUT2D eigenvalue weighted by Crippen LogP contribution is -2.16. The standard InChI is InChI=1S/C10H9ClF5N/c11-7-2-1-5(10(14,15)16)3-6(7)8(17)4-9(12)13/h1-3,8-9H,4,17H2/t8-/m0/s1. The third-order valence-corrected chi connectivity index (χ3v) is 2.50. The van der Waals surface area contributed by atoms with E-state index in [1.54, 1.807) is 0 Å². The van der Waals surface area contributed by atoms with E-state index in [1.807, 2.05) is 0 Å². The normalized spacial score (nSPS) is 14.1. The zero-order valence-corrected chi connectivity index (χ0v) is 9.19.